The molecule has 0 radical (unpaired) electrons. The van der Waals surface area contributed by atoms with Crippen molar-refractivity contribution in [1.29, 1.82) is 5.26 Å². The van der Waals surface area contributed by atoms with E-state index in [0.717, 1.165) is 22.4 Å². The standard InChI is InChI=1S/C20H21N3O/c1-3-23-13-16-9-10-17(11-18(16)22-19(23)24)20(2,14-21)12-15-7-5-4-6-8-15/h4-11H,3,12-13H2,1-2H3,(H,22,24). The first-order chi connectivity index (χ1) is 11.6. The summed E-state index contributed by atoms with van der Waals surface area (Å²) in [6.45, 7) is 5.20. The molecule has 0 aliphatic carbocycles. The Morgan fingerprint density at radius 2 is 2.00 bits per heavy atom. The largest absolute Gasteiger partial charge is 0.322 e. The number of benzene rings is 2. The Balaban J connectivity index is 1.93. The Bertz CT molecular complexity index is 794. The first-order valence-corrected chi connectivity index (χ1v) is 8.20. The number of hydrogen-bond donors (Lipinski definition) is 1. The fourth-order valence-corrected chi connectivity index (χ4v) is 3.11. The van der Waals surface area contributed by atoms with Crippen LogP contribution in [0.4, 0.5) is 10.5 Å². The normalized spacial score (nSPS) is 15.9. The zero-order valence-corrected chi connectivity index (χ0v) is 14.0. The van der Waals surface area contributed by atoms with E-state index in [-0.39, 0.29) is 6.03 Å². The third-order valence-electron chi connectivity index (χ3n) is 4.67. The van der Waals surface area contributed by atoms with Crippen LogP contribution >= 0.6 is 0 Å². The smallest absolute Gasteiger partial charge is 0.320 e. The number of rotatable bonds is 4. The van der Waals surface area contributed by atoms with Gasteiger partial charge in [-0.15, -0.1) is 0 Å². The number of nitrogens with one attached hydrogen (secondary N) is 1. The molecule has 4 nitrogen and oxygen atoms in total. The number of nitriles is 1. The number of nitrogens with zero attached hydrogens (tertiary/aromatic N) is 2. The van der Waals surface area contributed by atoms with Gasteiger partial charge < -0.3 is 10.2 Å². The minimum Gasteiger partial charge on any atom is -0.320 e. The lowest BCUT2D eigenvalue weighted by Crippen LogP contribution is -2.38. The van der Waals surface area contributed by atoms with Crippen LogP contribution in [0.3, 0.4) is 0 Å². The summed E-state index contributed by atoms with van der Waals surface area (Å²) in [6.07, 6.45) is 0.637. The zero-order chi connectivity index (χ0) is 17.2. The lowest BCUT2D eigenvalue weighted by molar-refractivity contribution is 0.210. The van der Waals surface area contributed by atoms with Gasteiger partial charge in [0.15, 0.2) is 0 Å². The third kappa shape index (κ3) is 2.98. The minimum atomic E-state index is -0.636. The number of carbonyl (C=O) groups excluding carboxylic acids is 1. The molecule has 0 saturated heterocycles. The molecule has 3 rings (SSSR count). The van der Waals surface area contributed by atoms with Crippen LogP contribution < -0.4 is 5.32 Å². The summed E-state index contributed by atoms with van der Waals surface area (Å²) < 4.78 is 0. The third-order valence-corrected chi connectivity index (χ3v) is 4.67. The van der Waals surface area contributed by atoms with Crippen molar-refractivity contribution in [1.82, 2.24) is 4.90 Å². The van der Waals surface area contributed by atoms with Gasteiger partial charge in [0.1, 0.15) is 0 Å². The average Bonchev–Trinajstić information content (AvgIpc) is 2.61. The highest BCUT2D eigenvalue weighted by atomic mass is 16.2. The van der Waals surface area contributed by atoms with Crippen molar-refractivity contribution in [2.75, 3.05) is 11.9 Å². The highest BCUT2D eigenvalue weighted by Crippen LogP contribution is 2.32. The molecule has 24 heavy (non-hydrogen) atoms. The summed E-state index contributed by atoms with van der Waals surface area (Å²) in [5.74, 6) is 0. The van der Waals surface area contributed by atoms with Gasteiger partial charge in [0.25, 0.3) is 0 Å². The first kappa shape index (κ1) is 16.1. The van der Waals surface area contributed by atoms with Crippen molar-refractivity contribution in [2.45, 2.75) is 32.2 Å². The number of anilines is 1. The van der Waals surface area contributed by atoms with Gasteiger partial charge in [-0.1, -0.05) is 42.5 Å². The highest BCUT2D eigenvalue weighted by Gasteiger charge is 2.29. The van der Waals surface area contributed by atoms with Crippen molar-refractivity contribution in [3.63, 3.8) is 0 Å². The summed E-state index contributed by atoms with van der Waals surface area (Å²) in [4.78, 5) is 13.8. The molecular formula is C20H21N3O. The maximum Gasteiger partial charge on any atom is 0.322 e. The van der Waals surface area contributed by atoms with Crippen molar-refractivity contribution in [3.05, 3.63) is 65.2 Å². The van der Waals surface area contributed by atoms with E-state index in [1.54, 1.807) is 4.90 Å². The Morgan fingerprint density at radius 1 is 1.25 bits per heavy atom. The lowest BCUT2D eigenvalue weighted by Gasteiger charge is -2.30. The molecule has 1 unspecified atom stereocenters. The van der Waals surface area contributed by atoms with E-state index in [4.69, 9.17) is 0 Å². The van der Waals surface area contributed by atoms with Crippen LogP contribution in [0.15, 0.2) is 48.5 Å². The Morgan fingerprint density at radius 3 is 2.67 bits per heavy atom. The van der Waals surface area contributed by atoms with Gasteiger partial charge in [-0.05, 0) is 43.0 Å². The summed E-state index contributed by atoms with van der Waals surface area (Å²) >= 11 is 0. The van der Waals surface area contributed by atoms with Crippen LogP contribution in [0, 0.1) is 11.3 Å². The Hall–Kier alpha value is -2.80. The summed E-state index contributed by atoms with van der Waals surface area (Å²) in [7, 11) is 0. The number of amides is 2. The molecule has 0 saturated carbocycles. The zero-order valence-electron chi connectivity index (χ0n) is 14.0. The fraction of sp³-hybridized carbons (Fsp3) is 0.300. The first-order valence-electron chi connectivity index (χ1n) is 8.20. The van der Waals surface area contributed by atoms with Gasteiger partial charge in [0.2, 0.25) is 0 Å². The number of urea groups is 1. The monoisotopic (exact) mass is 319 g/mol. The van der Waals surface area contributed by atoms with E-state index in [0.29, 0.717) is 19.5 Å². The molecule has 0 spiro atoms. The van der Waals surface area contributed by atoms with E-state index in [9.17, 15) is 10.1 Å². The second-order valence-electron chi connectivity index (χ2n) is 6.42. The van der Waals surface area contributed by atoms with E-state index in [2.05, 4.69) is 11.4 Å². The summed E-state index contributed by atoms with van der Waals surface area (Å²) in [5.41, 5.74) is 3.32. The van der Waals surface area contributed by atoms with Crippen LogP contribution in [0.2, 0.25) is 0 Å². The average molecular weight is 319 g/mol. The molecule has 0 aromatic heterocycles. The summed E-state index contributed by atoms with van der Waals surface area (Å²) in [6, 6.07) is 18.4. The molecule has 2 aromatic rings. The number of fused-ring (bicyclic) bond motifs is 1. The van der Waals surface area contributed by atoms with E-state index in [1.165, 1.54) is 0 Å². The molecule has 1 N–H and O–H groups in total. The molecule has 1 aliphatic heterocycles. The van der Waals surface area contributed by atoms with Gasteiger partial charge in [-0.25, -0.2) is 4.79 Å². The van der Waals surface area contributed by atoms with E-state index < -0.39 is 5.41 Å². The number of hydrogen-bond acceptors (Lipinski definition) is 2. The fourth-order valence-electron chi connectivity index (χ4n) is 3.11. The van der Waals surface area contributed by atoms with Gasteiger partial charge in [0, 0.05) is 18.8 Å². The summed E-state index contributed by atoms with van der Waals surface area (Å²) in [5, 5.41) is 12.7. The maximum atomic E-state index is 12.1. The molecule has 1 atom stereocenters. The maximum absolute atomic E-state index is 12.1. The second kappa shape index (κ2) is 6.37. The molecule has 4 heteroatoms. The van der Waals surface area contributed by atoms with Crippen LogP contribution in [0.25, 0.3) is 0 Å². The second-order valence-corrected chi connectivity index (χ2v) is 6.42. The van der Waals surface area contributed by atoms with Crippen LogP contribution in [0.1, 0.15) is 30.5 Å². The van der Waals surface area contributed by atoms with Gasteiger partial charge in [-0.3, -0.25) is 0 Å². The van der Waals surface area contributed by atoms with E-state index in [1.807, 2.05) is 62.4 Å². The lowest BCUT2D eigenvalue weighted by atomic mass is 9.78. The molecular weight excluding hydrogens is 298 g/mol. The molecule has 0 fully saturated rings. The van der Waals surface area contributed by atoms with Crippen molar-refractivity contribution in [2.24, 2.45) is 0 Å². The topological polar surface area (TPSA) is 56.1 Å². The number of carbonyl (C=O) groups is 1. The van der Waals surface area contributed by atoms with Crippen LogP contribution in [-0.4, -0.2) is 17.5 Å². The van der Waals surface area contributed by atoms with Gasteiger partial charge in [-0.2, -0.15) is 5.26 Å². The van der Waals surface area contributed by atoms with Crippen molar-refractivity contribution >= 4 is 11.7 Å². The molecule has 0 bridgehead atoms. The molecule has 122 valence electrons. The quantitative estimate of drug-likeness (QED) is 0.923. The van der Waals surface area contributed by atoms with Gasteiger partial charge >= 0.3 is 6.03 Å². The predicted octanol–water partition coefficient (Wildman–Crippen LogP) is 4.08. The SMILES string of the molecule is CCN1Cc2ccc(C(C)(C#N)Cc3ccccc3)cc2NC1=O. The molecule has 2 aromatic carbocycles. The van der Waals surface area contributed by atoms with Crippen LogP contribution in [0.5, 0.6) is 0 Å². The van der Waals surface area contributed by atoms with Crippen molar-refractivity contribution < 1.29 is 4.79 Å². The molecule has 1 aliphatic rings. The predicted molar refractivity (Wildman–Crippen MR) is 94.7 cm³/mol. The minimum absolute atomic E-state index is 0.0797. The Labute approximate surface area is 142 Å². The highest BCUT2D eigenvalue weighted by molar-refractivity contribution is 5.92. The molecule has 2 amide bonds. The Kier molecular flexibility index (Phi) is 4.26. The van der Waals surface area contributed by atoms with Gasteiger partial charge in [0.05, 0.1) is 11.5 Å². The van der Waals surface area contributed by atoms with Crippen LogP contribution in [-0.2, 0) is 18.4 Å². The van der Waals surface area contributed by atoms with Crippen molar-refractivity contribution in [3.8, 4) is 6.07 Å². The van der Waals surface area contributed by atoms with E-state index >= 15 is 0 Å². The molecule has 1 heterocycles.